The third kappa shape index (κ3) is 3.00. The summed E-state index contributed by atoms with van der Waals surface area (Å²) in [7, 11) is 0. The average molecular weight is 220 g/mol. The molecular weight excluding hydrogens is 204 g/mol. The van der Waals surface area contributed by atoms with Crippen molar-refractivity contribution in [3.63, 3.8) is 0 Å². The molecule has 2 rings (SSSR count). The molecule has 1 aromatic rings. The van der Waals surface area contributed by atoms with Crippen molar-refractivity contribution in [2.75, 3.05) is 13.1 Å². The Morgan fingerprint density at radius 3 is 3.00 bits per heavy atom. The van der Waals surface area contributed by atoms with Gasteiger partial charge in [0.15, 0.2) is 0 Å². The van der Waals surface area contributed by atoms with Crippen LogP contribution < -0.4 is 10.6 Å². The van der Waals surface area contributed by atoms with Crippen LogP contribution in [0.3, 0.4) is 0 Å². The highest BCUT2D eigenvalue weighted by Gasteiger charge is 2.13. The minimum atomic E-state index is -0.0985. The van der Waals surface area contributed by atoms with Gasteiger partial charge in [0.1, 0.15) is 6.33 Å². The SMILES string of the molecule is O=C(NCC[C@H]1CCCN1)c1cncnc1. The second kappa shape index (κ2) is 5.55. The van der Waals surface area contributed by atoms with Crippen LogP contribution in [0.15, 0.2) is 18.7 Å². The van der Waals surface area contributed by atoms with Crippen LogP contribution in [0.1, 0.15) is 29.6 Å². The number of nitrogens with zero attached hydrogens (tertiary/aromatic N) is 2. The van der Waals surface area contributed by atoms with Crippen molar-refractivity contribution in [1.82, 2.24) is 20.6 Å². The number of amides is 1. The van der Waals surface area contributed by atoms with E-state index in [9.17, 15) is 4.79 Å². The summed E-state index contributed by atoms with van der Waals surface area (Å²) in [4.78, 5) is 19.2. The second-order valence-corrected chi connectivity index (χ2v) is 3.97. The standard InChI is InChI=1S/C11H16N4O/c16-11(9-6-12-8-13-7-9)15-5-3-10-2-1-4-14-10/h6-8,10,14H,1-5H2,(H,15,16)/t10-/m1/s1. The van der Waals surface area contributed by atoms with E-state index in [1.165, 1.54) is 31.6 Å². The summed E-state index contributed by atoms with van der Waals surface area (Å²) in [5.41, 5.74) is 0.516. The first-order valence-electron chi connectivity index (χ1n) is 5.63. The minimum Gasteiger partial charge on any atom is -0.352 e. The van der Waals surface area contributed by atoms with E-state index in [2.05, 4.69) is 20.6 Å². The number of rotatable bonds is 4. The monoisotopic (exact) mass is 220 g/mol. The number of carbonyl (C=O) groups excluding carboxylic acids is 1. The molecule has 1 saturated heterocycles. The first kappa shape index (κ1) is 11.0. The Kier molecular flexibility index (Phi) is 3.82. The molecule has 0 bridgehead atoms. The molecule has 1 atom stereocenters. The lowest BCUT2D eigenvalue weighted by Gasteiger charge is -2.10. The zero-order valence-corrected chi connectivity index (χ0v) is 9.15. The highest BCUT2D eigenvalue weighted by atomic mass is 16.1. The van der Waals surface area contributed by atoms with Crippen molar-refractivity contribution in [2.24, 2.45) is 0 Å². The van der Waals surface area contributed by atoms with Crippen molar-refractivity contribution < 1.29 is 4.79 Å². The Hall–Kier alpha value is -1.49. The van der Waals surface area contributed by atoms with Gasteiger partial charge >= 0.3 is 0 Å². The van der Waals surface area contributed by atoms with Gasteiger partial charge in [-0.2, -0.15) is 0 Å². The molecular formula is C11H16N4O. The van der Waals surface area contributed by atoms with Crippen LogP contribution in [0.2, 0.25) is 0 Å². The van der Waals surface area contributed by atoms with Gasteiger partial charge in [0.25, 0.3) is 5.91 Å². The topological polar surface area (TPSA) is 66.9 Å². The first-order valence-corrected chi connectivity index (χ1v) is 5.63. The van der Waals surface area contributed by atoms with Crippen LogP contribution in [0, 0.1) is 0 Å². The van der Waals surface area contributed by atoms with Crippen molar-refractivity contribution in [1.29, 1.82) is 0 Å². The van der Waals surface area contributed by atoms with Crippen LogP contribution in [0.5, 0.6) is 0 Å². The van der Waals surface area contributed by atoms with Gasteiger partial charge in [0, 0.05) is 25.0 Å². The Morgan fingerprint density at radius 1 is 1.50 bits per heavy atom. The number of hydrogen-bond donors (Lipinski definition) is 2. The maximum absolute atomic E-state index is 11.6. The van der Waals surface area contributed by atoms with Crippen molar-refractivity contribution in [3.05, 3.63) is 24.3 Å². The number of aromatic nitrogens is 2. The highest BCUT2D eigenvalue weighted by molar-refractivity contribution is 5.93. The zero-order chi connectivity index (χ0) is 11.2. The first-order chi connectivity index (χ1) is 7.86. The predicted molar refractivity (Wildman–Crippen MR) is 60.0 cm³/mol. The third-order valence-electron chi connectivity index (χ3n) is 2.76. The summed E-state index contributed by atoms with van der Waals surface area (Å²) in [5.74, 6) is -0.0985. The largest absolute Gasteiger partial charge is 0.352 e. The lowest BCUT2D eigenvalue weighted by Crippen LogP contribution is -2.30. The van der Waals surface area contributed by atoms with E-state index < -0.39 is 0 Å². The number of carbonyl (C=O) groups is 1. The second-order valence-electron chi connectivity index (χ2n) is 3.97. The molecule has 0 radical (unpaired) electrons. The molecule has 1 aliphatic heterocycles. The van der Waals surface area contributed by atoms with Gasteiger partial charge in [-0.3, -0.25) is 4.79 Å². The number of hydrogen-bond acceptors (Lipinski definition) is 4. The van der Waals surface area contributed by atoms with E-state index in [4.69, 9.17) is 0 Å². The third-order valence-corrected chi connectivity index (χ3v) is 2.76. The Balaban J connectivity index is 1.71. The summed E-state index contributed by atoms with van der Waals surface area (Å²) in [6, 6.07) is 0.562. The molecule has 86 valence electrons. The lowest BCUT2D eigenvalue weighted by molar-refractivity contribution is 0.0951. The molecule has 2 heterocycles. The molecule has 5 heteroatoms. The fourth-order valence-corrected chi connectivity index (χ4v) is 1.88. The minimum absolute atomic E-state index is 0.0985. The van der Waals surface area contributed by atoms with Crippen LogP contribution >= 0.6 is 0 Å². The van der Waals surface area contributed by atoms with Gasteiger partial charge in [-0.05, 0) is 25.8 Å². The van der Waals surface area contributed by atoms with Gasteiger partial charge < -0.3 is 10.6 Å². The summed E-state index contributed by atoms with van der Waals surface area (Å²) >= 11 is 0. The molecule has 0 spiro atoms. The molecule has 5 nitrogen and oxygen atoms in total. The van der Waals surface area contributed by atoms with Crippen molar-refractivity contribution in [2.45, 2.75) is 25.3 Å². The van der Waals surface area contributed by atoms with E-state index in [0.29, 0.717) is 18.2 Å². The zero-order valence-electron chi connectivity index (χ0n) is 9.15. The Labute approximate surface area is 94.7 Å². The van der Waals surface area contributed by atoms with E-state index in [-0.39, 0.29) is 5.91 Å². The average Bonchev–Trinajstić information content (AvgIpc) is 2.83. The molecule has 1 amide bonds. The summed E-state index contributed by atoms with van der Waals surface area (Å²) in [6.45, 7) is 1.80. The molecule has 0 saturated carbocycles. The van der Waals surface area contributed by atoms with E-state index >= 15 is 0 Å². The van der Waals surface area contributed by atoms with Crippen LogP contribution in [-0.4, -0.2) is 35.0 Å². The molecule has 0 aliphatic carbocycles. The quantitative estimate of drug-likeness (QED) is 0.768. The number of nitrogens with one attached hydrogen (secondary N) is 2. The maximum Gasteiger partial charge on any atom is 0.254 e. The van der Waals surface area contributed by atoms with Crippen LogP contribution in [0.4, 0.5) is 0 Å². The van der Waals surface area contributed by atoms with E-state index in [1.807, 2.05) is 0 Å². The van der Waals surface area contributed by atoms with E-state index in [0.717, 1.165) is 13.0 Å². The Bertz CT molecular complexity index is 335. The smallest absolute Gasteiger partial charge is 0.254 e. The molecule has 0 unspecified atom stereocenters. The lowest BCUT2D eigenvalue weighted by atomic mass is 10.1. The predicted octanol–water partition coefficient (Wildman–Crippen LogP) is 0.348. The molecule has 0 aromatic carbocycles. The maximum atomic E-state index is 11.6. The fraction of sp³-hybridized carbons (Fsp3) is 0.545. The van der Waals surface area contributed by atoms with Crippen LogP contribution in [-0.2, 0) is 0 Å². The summed E-state index contributed by atoms with van der Waals surface area (Å²) in [5, 5.41) is 6.26. The molecule has 2 N–H and O–H groups in total. The van der Waals surface area contributed by atoms with Gasteiger partial charge in [0.2, 0.25) is 0 Å². The molecule has 1 aliphatic rings. The van der Waals surface area contributed by atoms with E-state index in [1.54, 1.807) is 0 Å². The van der Waals surface area contributed by atoms with Crippen molar-refractivity contribution >= 4 is 5.91 Å². The fourth-order valence-electron chi connectivity index (χ4n) is 1.88. The van der Waals surface area contributed by atoms with Gasteiger partial charge in [0.05, 0.1) is 5.56 Å². The Morgan fingerprint density at radius 2 is 2.31 bits per heavy atom. The van der Waals surface area contributed by atoms with Crippen LogP contribution in [0.25, 0.3) is 0 Å². The summed E-state index contributed by atoms with van der Waals surface area (Å²) < 4.78 is 0. The van der Waals surface area contributed by atoms with Gasteiger partial charge in [-0.25, -0.2) is 9.97 Å². The molecule has 1 fully saturated rings. The highest BCUT2D eigenvalue weighted by Crippen LogP contribution is 2.07. The molecule has 16 heavy (non-hydrogen) atoms. The normalized spacial score (nSPS) is 19.6. The van der Waals surface area contributed by atoms with Crippen molar-refractivity contribution in [3.8, 4) is 0 Å². The molecule has 1 aromatic heterocycles. The van der Waals surface area contributed by atoms with Gasteiger partial charge in [-0.15, -0.1) is 0 Å². The van der Waals surface area contributed by atoms with Gasteiger partial charge in [-0.1, -0.05) is 0 Å². The summed E-state index contributed by atoms with van der Waals surface area (Å²) in [6.07, 6.45) is 7.90.